The maximum atomic E-state index is 12.9. The minimum absolute atomic E-state index is 0.282. The first-order valence-corrected chi connectivity index (χ1v) is 8.77. The monoisotopic (exact) mass is 413 g/mol. The average molecular weight is 414 g/mol. The minimum Gasteiger partial charge on any atom is -0.307 e. The summed E-state index contributed by atoms with van der Waals surface area (Å²) in [4.78, 5) is 12.3. The molecular formula is C20H17BrFN3O. The number of halogens is 2. The van der Waals surface area contributed by atoms with Gasteiger partial charge in [-0.25, -0.2) is 4.39 Å². The van der Waals surface area contributed by atoms with Gasteiger partial charge in [-0.15, -0.1) is 0 Å². The van der Waals surface area contributed by atoms with Crippen molar-refractivity contribution in [3.05, 3.63) is 76.2 Å². The second-order valence-corrected chi connectivity index (χ2v) is 6.73. The fourth-order valence-electron chi connectivity index (χ4n) is 2.67. The smallest absolute Gasteiger partial charge is 0.249 e. The molecule has 3 rings (SSSR count). The highest BCUT2D eigenvalue weighted by Crippen LogP contribution is 2.31. The van der Waals surface area contributed by atoms with E-state index in [2.05, 4.69) is 26.3 Å². The second-order valence-electron chi connectivity index (χ2n) is 5.81. The van der Waals surface area contributed by atoms with Crippen LogP contribution >= 0.6 is 15.9 Å². The summed E-state index contributed by atoms with van der Waals surface area (Å²) in [5.74, 6) is 0.0327. The van der Waals surface area contributed by atoms with Gasteiger partial charge in [0.1, 0.15) is 11.6 Å². The Morgan fingerprint density at radius 1 is 1.15 bits per heavy atom. The first-order valence-electron chi connectivity index (χ1n) is 7.98. The van der Waals surface area contributed by atoms with Crippen molar-refractivity contribution in [3.8, 4) is 11.1 Å². The van der Waals surface area contributed by atoms with Crippen molar-refractivity contribution in [3.63, 3.8) is 0 Å². The van der Waals surface area contributed by atoms with Crippen LogP contribution in [0.5, 0.6) is 0 Å². The lowest BCUT2D eigenvalue weighted by atomic mass is 10.1. The number of hydrogen-bond acceptors (Lipinski definition) is 2. The van der Waals surface area contributed by atoms with E-state index in [0.29, 0.717) is 5.82 Å². The van der Waals surface area contributed by atoms with Gasteiger partial charge in [0.25, 0.3) is 0 Å². The molecule has 1 heterocycles. The van der Waals surface area contributed by atoms with Crippen LogP contribution < -0.4 is 5.32 Å². The first kappa shape index (κ1) is 18.1. The highest BCUT2D eigenvalue weighted by molar-refractivity contribution is 9.10. The second kappa shape index (κ2) is 7.66. The molecule has 2 aromatic carbocycles. The zero-order valence-corrected chi connectivity index (χ0v) is 15.9. The number of amides is 1. The maximum Gasteiger partial charge on any atom is 0.249 e. The van der Waals surface area contributed by atoms with Crippen LogP contribution in [0.1, 0.15) is 11.3 Å². The molecule has 1 amide bonds. The molecule has 0 atom stereocenters. The molecular weight excluding hydrogens is 397 g/mol. The lowest BCUT2D eigenvalue weighted by molar-refractivity contribution is -0.111. The third-order valence-corrected chi connectivity index (χ3v) is 4.42. The van der Waals surface area contributed by atoms with Gasteiger partial charge in [0.2, 0.25) is 5.91 Å². The molecule has 0 aliphatic carbocycles. The van der Waals surface area contributed by atoms with Crippen LogP contribution in [0.15, 0.2) is 59.1 Å². The highest BCUT2D eigenvalue weighted by Gasteiger charge is 2.16. The number of nitrogens with one attached hydrogen (secondary N) is 1. The molecule has 0 fully saturated rings. The molecule has 132 valence electrons. The largest absolute Gasteiger partial charge is 0.307 e. The molecule has 0 saturated heterocycles. The molecule has 1 aromatic heterocycles. The highest BCUT2D eigenvalue weighted by atomic mass is 79.9. The Morgan fingerprint density at radius 2 is 1.81 bits per heavy atom. The van der Waals surface area contributed by atoms with E-state index in [9.17, 15) is 9.18 Å². The van der Waals surface area contributed by atoms with Gasteiger partial charge in [-0.05, 0) is 48.4 Å². The molecule has 0 bridgehead atoms. The lowest BCUT2D eigenvalue weighted by Crippen LogP contribution is -2.12. The number of nitrogens with zero attached hydrogens (tertiary/aromatic N) is 2. The summed E-state index contributed by atoms with van der Waals surface area (Å²) in [6.07, 6.45) is 3.05. The molecule has 1 N–H and O–H groups in total. The van der Waals surface area contributed by atoms with Crippen molar-refractivity contribution < 1.29 is 9.18 Å². The molecule has 0 aliphatic rings. The fraction of sp³-hybridized carbons (Fsp3) is 0.100. The van der Waals surface area contributed by atoms with Crippen LogP contribution in [0.25, 0.3) is 17.2 Å². The van der Waals surface area contributed by atoms with Crippen LogP contribution in [-0.4, -0.2) is 15.7 Å². The van der Waals surface area contributed by atoms with E-state index in [1.807, 2.05) is 31.2 Å². The average Bonchev–Trinajstić information content (AvgIpc) is 2.89. The predicted octanol–water partition coefficient (Wildman–Crippen LogP) is 4.95. The molecule has 0 spiro atoms. The SMILES string of the molecule is Cc1nn(C)c(NC(=O)/C=C/c2ccc(F)cc2)c1-c1ccc(Br)cc1. The van der Waals surface area contributed by atoms with Gasteiger partial charge in [0.05, 0.1) is 5.69 Å². The Morgan fingerprint density at radius 3 is 2.46 bits per heavy atom. The number of carbonyl (C=O) groups is 1. The number of aromatic nitrogens is 2. The van der Waals surface area contributed by atoms with Gasteiger partial charge in [-0.1, -0.05) is 40.2 Å². The molecule has 0 saturated carbocycles. The summed E-state index contributed by atoms with van der Waals surface area (Å²) >= 11 is 3.42. The molecule has 0 aliphatic heterocycles. The summed E-state index contributed by atoms with van der Waals surface area (Å²) in [6.45, 7) is 1.90. The summed E-state index contributed by atoms with van der Waals surface area (Å²) in [7, 11) is 1.79. The van der Waals surface area contributed by atoms with Crippen molar-refractivity contribution in [1.29, 1.82) is 0 Å². The van der Waals surface area contributed by atoms with E-state index in [-0.39, 0.29) is 11.7 Å². The molecule has 26 heavy (non-hydrogen) atoms. The van der Waals surface area contributed by atoms with E-state index in [4.69, 9.17) is 0 Å². The zero-order valence-electron chi connectivity index (χ0n) is 14.3. The Kier molecular flexibility index (Phi) is 5.32. The van der Waals surface area contributed by atoms with E-state index in [0.717, 1.165) is 26.9 Å². The van der Waals surface area contributed by atoms with Crippen molar-refractivity contribution in [2.45, 2.75) is 6.92 Å². The summed E-state index contributed by atoms with van der Waals surface area (Å²) in [6, 6.07) is 13.8. The number of rotatable bonds is 4. The topological polar surface area (TPSA) is 46.9 Å². The number of anilines is 1. The van der Waals surface area contributed by atoms with Crippen molar-refractivity contribution in [2.75, 3.05) is 5.32 Å². The Hall–Kier alpha value is -2.73. The first-order chi connectivity index (χ1) is 12.4. The van der Waals surface area contributed by atoms with Gasteiger partial charge in [0, 0.05) is 23.2 Å². The van der Waals surface area contributed by atoms with Gasteiger partial charge >= 0.3 is 0 Å². The molecule has 4 nitrogen and oxygen atoms in total. The Labute approximate surface area is 159 Å². The van der Waals surface area contributed by atoms with Crippen molar-refractivity contribution in [1.82, 2.24) is 9.78 Å². The van der Waals surface area contributed by atoms with E-state index >= 15 is 0 Å². The predicted molar refractivity (Wildman–Crippen MR) is 105 cm³/mol. The third-order valence-electron chi connectivity index (χ3n) is 3.89. The number of benzene rings is 2. The number of hydrogen-bond donors (Lipinski definition) is 1. The number of aryl methyl sites for hydroxylation is 2. The van der Waals surface area contributed by atoms with Crippen LogP contribution in [0, 0.1) is 12.7 Å². The van der Waals surface area contributed by atoms with Crippen molar-refractivity contribution >= 4 is 33.7 Å². The van der Waals surface area contributed by atoms with Gasteiger partial charge in [-0.3, -0.25) is 9.48 Å². The lowest BCUT2D eigenvalue weighted by Gasteiger charge is -2.08. The van der Waals surface area contributed by atoms with Crippen molar-refractivity contribution in [2.24, 2.45) is 7.05 Å². The minimum atomic E-state index is -0.309. The van der Waals surface area contributed by atoms with Gasteiger partial charge in [-0.2, -0.15) is 5.10 Å². The molecule has 0 radical (unpaired) electrons. The Balaban J connectivity index is 1.84. The van der Waals surface area contributed by atoms with Crippen LogP contribution in [0.2, 0.25) is 0 Å². The summed E-state index contributed by atoms with van der Waals surface area (Å²) < 4.78 is 15.6. The molecule has 6 heteroatoms. The zero-order chi connectivity index (χ0) is 18.7. The summed E-state index contributed by atoms with van der Waals surface area (Å²) in [5.41, 5.74) is 3.42. The molecule has 0 unspecified atom stereocenters. The van der Waals surface area contributed by atoms with E-state index < -0.39 is 0 Å². The Bertz CT molecular complexity index is 960. The number of carbonyl (C=O) groups excluding carboxylic acids is 1. The summed E-state index contributed by atoms with van der Waals surface area (Å²) in [5, 5.41) is 7.30. The van der Waals surface area contributed by atoms with Crippen LogP contribution in [-0.2, 0) is 11.8 Å². The van der Waals surface area contributed by atoms with E-state index in [1.54, 1.807) is 29.9 Å². The maximum absolute atomic E-state index is 12.9. The van der Waals surface area contributed by atoms with E-state index in [1.165, 1.54) is 18.2 Å². The van der Waals surface area contributed by atoms with Gasteiger partial charge < -0.3 is 5.32 Å². The fourth-order valence-corrected chi connectivity index (χ4v) is 2.93. The third kappa shape index (κ3) is 4.08. The standard InChI is InChI=1S/C20H17BrFN3O/c1-13-19(15-6-8-16(21)9-7-15)20(25(2)24-13)23-18(26)12-5-14-3-10-17(22)11-4-14/h3-12H,1-2H3,(H,23,26)/b12-5+. The van der Waals surface area contributed by atoms with Crippen LogP contribution in [0.4, 0.5) is 10.2 Å². The van der Waals surface area contributed by atoms with Crippen LogP contribution in [0.3, 0.4) is 0 Å². The molecule has 3 aromatic rings. The quantitative estimate of drug-likeness (QED) is 0.615. The normalized spacial score (nSPS) is 11.1. The van der Waals surface area contributed by atoms with Gasteiger partial charge in [0.15, 0.2) is 0 Å².